The molecule has 0 saturated heterocycles. The zero-order valence-corrected chi connectivity index (χ0v) is 14.3. The molecule has 1 N–H and O–H groups in total. The predicted octanol–water partition coefficient (Wildman–Crippen LogP) is 3.87. The molecule has 0 aliphatic heterocycles. The summed E-state index contributed by atoms with van der Waals surface area (Å²) in [4.78, 5) is 15.3. The van der Waals surface area contributed by atoms with E-state index in [1.165, 1.54) is 11.8 Å². The number of rotatable bonds is 7. The average molecular weight is 345 g/mol. The molecule has 1 unspecified atom stereocenters. The Morgan fingerprint density at radius 3 is 2.95 bits per heavy atom. The van der Waals surface area contributed by atoms with Crippen LogP contribution in [0.2, 0.25) is 5.02 Å². The van der Waals surface area contributed by atoms with E-state index in [9.17, 15) is 4.79 Å². The fourth-order valence-electron chi connectivity index (χ4n) is 2.15. The highest BCUT2D eigenvalue weighted by atomic mass is 35.5. The number of carboxylic acid groups (broad SMARTS) is 1. The van der Waals surface area contributed by atoms with E-state index in [1.54, 1.807) is 17.8 Å². The van der Waals surface area contributed by atoms with Crippen LogP contribution in [-0.4, -0.2) is 38.4 Å². The minimum atomic E-state index is -0.845. The third-order valence-electron chi connectivity index (χ3n) is 2.96. The summed E-state index contributed by atoms with van der Waals surface area (Å²) in [5.41, 5.74) is 1.70. The summed E-state index contributed by atoms with van der Waals surface area (Å²) in [6, 6.07) is 5.68. The lowest BCUT2D eigenvalue weighted by Gasteiger charge is -2.14. The van der Waals surface area contributed by atoms with Crippen LogP contribution < -0.4 is 0 Å². The number of hydrogen-bond acceptors (Lipinski definition) is 4. The monoisotopic (exact) mass is 344 g/mol. The van der Waals surface area contributed by atoms with Crippen molar-refractivity contribution in [2.75, 3.05) is 17.8 Å². The minimum Gasteiger partial charge on any atom is -0.481 e. The van der Waals surface area contributed by atoms with Crippen molar-refractivity contribution in [3.05, 3.63) is 23.2 Å². The molecular formula is C14H17ClN2O2S2. The van der Waals surface area contributed by atoms with E-state index < -0.39 is 5.97 Å². The molecule has 1 aromatic heterocycles. The van der Waals surface area contributed by atoms with Gasteiger partial charge in [0.05, 0.1) is 16.3 Å². The molecule has 0 saturated carbocycles. The lowest BCUT2D eigenvalue weighted by molar-refractivity contribution is -0.133. The summed E-state index contributed by atoms with van der Waals surface area (Å²) in [5.74, 6) is 0.670. The Kier molecular flexibility index (Phi) is 5.84. The summed E-state index contributed by atoms with van der Waals surface area (Å²) in [7, 11) is 0. The first-order valence-electron chi connectivity index (χ1n) is 6.51. The summed E-state index contributed by atoms with van der Waals surface area (Å²) in [6.07, 6.45) is 2.08. The molecule has 0 spiro atoms. The smallest absolute Gasteiger partial charge is 0.313 e. The second kappa shape index (κ2) is 7.42. The standard InChI is InChI=1S/C14H17ClN2O2S2/c1-9(7-20-2)6-17-11-5-3-4-10(15)13(11)16-14(17)21-8-12(18)19/h3-5,9H,6-8H2,1-2H3,(H,18,19). The molecule has 0 aliphatic rings. The maximum Gasteiger partial charge on any atom is 0.313 e. The van der Waals surface area contributed by atoms with E-state index in [1.807, 2.05) is 12.1 Å². The van der Waals surface area contributed by atoms with E-state index >= 15 is 0 Å². The Balaban J connectivity index is 2.39. The van der Waals surface area contributed by atoms with Gasteiger partial charge in [0.15, 0.2) is 5.16 Å². The van der Waals surface area contributed by atoms with E-state index in [0.717, 1.165) is 23.3 Å². The first-order chi connectivity index (χ1) is 10.0. The van der Waals surface area contributed by atoms with Crippen LogP contribution in [0.4, 0.5) is 0 Å². The van der Waals surface area contributed by atoms with Gasteiger partial charge in [0.2, 0.25) is 0 Å². The Morgan fingerprint density at radius 1 is 1.52 bits per heavy atom. The first-order valence-corrected chi connectivity index (χ1v) is 9.27. The number of thioether (sulfide) groups is 2. The molecule has 0 fully saturated rings. The van der Waals surface area contributed by atoms with Crippen molar-refractivity contribution in [1.29, 1.82) is 0 Å². The summed E-state index contributed by atoms with van der Waals surface area (Å²) < 4.78 is 2.08. The Hall–Kier alpha value is -0.850. The van der Waals surface area contributed by atoms with Gasteiger partial charge in [-0.3, -0.25) is 4.79 Å². The number of halogens is 1. The van der Waals surface area contributed by atoms with Crippen LogP contribution in [0.3, 0.4) is 0 Å². The zero-order chi connectivity index (χ0) is 15.4. The second-order valence-electron chi connectivity index (χ2n) is 4.86. The molecule has 0 radical (unpaired) electrons. The quantitative estimate of drug-likeness (QED) is 0.773. The largest absolute Gasteiger partial charge is 0.481 e. The van der Waals surface area contributed by atoms with Gasteiger partial charge in [0.1, 0.15) is 5.52 Å². The molecule has 0 aliphatic carbocycles. The molecule has 2 rings (SSSR count). The lowest BCUT2D eigenvalue weighted by atomic mass is 10.2. The number of imidazole rings is 1. The molecule has 1 atom stereocenters. The number of carbonyl (C=O) groups is 1. The highest BCUT2D eigenvalue weighted by molar-refractivity contribution is 7.99. The van der Waals surface area contributed by atoms with Gasteiger partial charge >= 0.3 is 5.97 Å². The Bertz CT molecular complexity index is 645. The van der Waals surface area contributed by atoms with Crippen molar-refractivity contribution in [1.82, 2.24) is 9.55 Å². The normalized spacial score (nSPS) is 12.7. The van der Waals surface area contributed by atoms with Crippen LogP contribution in [-0.2, 0) is 11.3 Å². The molecule has 21 heavy (non-hydrogen) atoms. The predicted molar refractivity (Wildman–Crippen MR) is 90.6 cm³/mol. The molecule has 1 aromatic carbocycles. The second-order valence-corrected chi connectivity index (χ2v) is 7.12. The van der Waals surface area contributed by atoms with Gasteiger partial charge in [0.25, 0.3) is 0 Å². The molecule has 4 nitrogen and oxygen atoms in total. The molecular weight excluding hydrogens is 328 g/mol. The van der Waals surface area contributed by atoms with E-state index in [-0.39, 0.29) is 5.75 Å². The zero-order valence-electron chi connectivity index (χ0n) is 11.9. The van der Waals surface area contributed by atoms with Crippen LogP contribution in [0.1, 0.15) is 6.92 Å². The number of aliphatic carboxylic acids is 1. The van der Waals surface area contributed by atoms with Gasteiger partial charge < -0.3 is 9.67 Å². The SMILES string of the molecule is CSCC(C)Cn1c(SCC(=O)O)nc2c(Cl)cccc21. The third kappa shape index (κ3) is 4.08. The third-order valence-corrected chi connectivity index (χ3v) is 5.13. The van der Waals surface area contributed by atoms with Crippen LogP contribution in [0.15, 0.2) is 23.4 Å². The number of fused-ring (bicyclic) bond motifs is 1. The molecule has 2 aromatic rings. The number of para-hydroxylation sites is 1. The van der Waals surface area contributed by atoms with Gasteiger partial charge in [-0.1, -0.05) is 36.4 Å². The summed E-state index contributed by atoms with van der Waals surface area (Å²) >= 11 is 9.24. The molecule has 7 heteroatoms. The molecule has 1 heterocycles. The fraction of sp³-hybridized carbons (Fsp3) is 0.429. The van der Waals surface area contributed by atoms with Gasteiger partial charge in [-0.2, -0.15) is 11.8 Å². The van der Waals surface area contributed by atoms with E-state index in [0.29, 0.717) is 16.1 Å². The number of hydrogen-bond donors (Lipinski definition) is 1. The van der Waals surface area contributed by atoms with Gasteiger partial charge in [0, 0.05) is 6.54 Å². The Labute approximate surface area is 137 Å². The highest BCUT2D eigenvalue weighted by Gasteiger charge is 2.16. The number of nitrogens with zero attached hydrogens (tertiary/aromatic N) is 2. The fourth-order valence-corrected chi connectivity index (χ4v) is 3.78. The van der Waals surface area contributed by atoms with Crippen LogP contribution >= 0.6 is 35.1 Å². The lowest BCUT2D eigenvalue weighted by Crippen LogP contribution is -2.11. The highest BCUT2D eigenvalue weighted by Crippen LogP contribution is 2.29. The minimum absolute atomic E-state index is 0.00213. The number of carboxylic acids is 1. The maximum absolute atomic E-state index is 10.8. The molecule has 0 amide bonds. The van der Waals surface area contributed by atoms with Crippen LogP contribution in [0.5, 0.6) is 0 Å². The number of benzene rings is 1. The topological polar surface area (TPSA) is 55.1 Å². The summed E-state index contributed by atoms with van der Waals surface area (Å²) in [5, 5.41) is 10.2. The average Bonchev–Trinajstić information content (AvgIpc) is 2.76. The van der Waals surface area contributed by atoms with E-state index in [2.05, 4.69) is 22.7 Å². The van der Waals surface area contributed by atoms with Gasteiger partial charge in [-0.25, -0.2) is 4.98 Å². The summed E-state index contributed by atoms with van der Waals surface area (Å²) in [6.45, 7) is 2.98. The maximum atomic E-state index is 10.8. The van der Waals surface area contributed by atoms with Crippen molar-refractivity contribution in [3.8, 4) is 0 Å². The Morgan fingerprint density at radius 2 is 2.29 bits per heavy atom. The van der Waals surface area contributed by atoms with Gasteiger partial charge in [-0.15, -0.1) is 0 Å². The van der Waals surface area contributed by atoms with Crippen molar-refractivity contribution in [2.45, 2.75) is 18.6 Å². The molecule has 0 bridgehead atoms. The first kappa shape index (κ1) is 16.5. The van der Waals surface area contributed by atoms with Crippen LogP contribution in [0, 0.1) is 5.92 Å². The van der Waals surface area contributed by atoms with Crippen molar-refractivity contribution < 1.29 is 9.90 Å². The van der Waals surface area contributed by atoms with Gasteiger partial charge in [-0.05, 0) is 30.1 Å². The van der Waals surface area contributed by atoms with Crippen molar-refractivity contribution in [2.24, 2.45) is 5.92 Å². The van der Waals surface area contributed by atoms with E-state index in [4.69, 9.17) is 16.7 Å². The molecule has 114 valence electrons. The van der Waals surface area contributed by atoms with Crippen molar-refractivity contribution >= 4 is 52.1 Å². The van der Waals surface area contributed by atoms with Crippen molar-refractivity contribution in [3.63, 3.8) is 0 Å². The number of aromatic nitrogens is 2. The van der Waals surface area contributed by atoms with Crippen LogP contribution in [0.25, 0.3) is 11.0 Å².